The van der Waals surface area contributed by atoms with Gasteiger partial charge in [-0.05, 0) is 24.1 Å². The van der Waals surface area contributed by atoms with E-state index in [1.807, 2.05) is 23.7 Å². The predicted octanol–water partition coefficient (Wildman–Crippen LogP) is 4.32. The van der Waals surface area contributed by atoms with Crippen LogP contribution >= 0.6 is 11.3 Å². The Bertz CT molecular complexity index is 886. The number of nitrogen functional groups attached to an aromatic ring is 1. The average Bonchev–Trinajstić information content (AvgIpc) is 3.10. The normalized spacial score (nSPS) is 15.1. The molecule has 1 saturated heterocycles. The quantitative estimate of drug-likeness (QED) is 0.743. The van der Waals surface area contributed by atoms with E-state index < -0.39 is 0 Å². The van der Waals surface area contributed by atoms with Crippen molar-refractivity contribution >= 4 is 16.5 Å². The highest BCUT2D eigenvalue weighted by Crippen LogP contribution is 2.35. The maximum absolute atomic E-state index is 5.98. The molecular weight excluding hydrogens is 346 g/mol. The lowest BCUT2D eigenvalue weighted by Gasteiger charge is -2.22. The summed E-state index contributed by atoms with van der Waals surface area (Å²) in [4.78, 5) is 8.97. The van der Waals surface area contributed by atoms with Crippen LogP contribution in [-0.4, -0.2) is 29.3 Å². The van der Waals surface area contributed by atoms with Gasteiger partial charge in [0.15, 0.2) is 5.13 Å². The van der Waals surface area contributed by atoms with Crippen molar-refractivity contribution in [3.63, 3.8) is 0 Å². The first-order chi connectivity index (χ1) is 12.7. The van der Waals surface area contributed by atoms with Crippen molar-refractivity contribution in [3.8, 4) is 28.3 Å². The number of anilines is 1. The first kappa shape index (κ1) is 17.0. The Morgan fingerprint density at radius 3 is 2.73 bits per heavy atom. The summed E-state index contributed by atoms with van der Waals surface area (Å²) in [5.41, 5.74) is 11.1. The molecule has 0 unspecified atom stereocenters. The summed E-state index contributed by atoms with van der Waals surface area (Å²) < 4.78 is 11.3. The van der Waals surface area contributed by atoms with Gasteiger partial charge in [-0.2, -0.15) is 0 Å². The van der Waals surface area contributed by atoms with Crippen molar-refractivity contribution < 1.29 is 9.47 Å². The molecule has 0 aliphatic carbocycles. The molecule has 0 atom stereocenters. The van der Waals surface area contributed by atoms with Gasteiger partial charge < -0.3 is 15.2 Å². The summed E-state index contributed by atoms with van der Waals surface area (Å²) in [7, 11) is 0. The zero-order valence-electron chi connectivity index (χ0n) is 14.6. The van der Waals surface area contributed by atoms with Crippen molar-refractivity contribution in [3.05, 3.63) is 47.5 Å². The molecule has 2 aromatic heterocycles. The van der Waals surface area contributed by atoms with Gasteiger partial charge in [0, 0.05) is 41.6 Å². The van der Waals surface area contributed by atoms with Crippen molar-refractivity contribution in [2.45, 2.75) is 25.9 Å². The third kappa shape index (κ3) is 3.57. The lowest BCUT2D eigenvalue weighted by Crippen LogP contribution is -2.26. The second kappa shape index (κ2) is 7.43. The number of benzene rings is 1. The molecule has 6 heteroatoms. The molecular formula is C20H21N3O2S. The lowest BCUT2D eigenvalue weighted by molar-refractivity contribution is 0.0237. The average molecular weight is 367 g/mol. The molecule has 3 heterocycles. The number of pyridine rings is 1. The smallest absolute Gasteiger partial charge is 0.213 e. The second-order valence-corrected chi connectivity index (χ2v) is 7.27. The van der Waals surface area contributed by atoms with Gasteiger partial charge in [-0.25, -0.2) is 9.97 Å². The summed E-state index contributed by atoms with van der Waals surface area (Å²) in [6.07, 6.45) is 3.89. The number of aromatic nitrogens is 2. The minimum absolute atomic E-state index is 0.189. The van der Waals surface area contributed by atoms with E-state index in [2.05, 4.69) is 35.1 Å². The molecule has 3 aromatic rings. The van der Waals surface area contributed by atoms with Crippen molar-refractivity contribution in [2.24, 2.45) is 0 Å². The highest BCUT2D eigenvalue weighted by Gasteiger charge is 2.17. The number of nitrogens with two attached hydrogens (primary N) is 1. The van der Waals surface area contributed by atoms with Crippen LogP contribution in [0.2, 0.25) is 0 Å². The van der Waals surface area contributed by atoms with E-state index in [4.69, 9.17) is 15.2 Å². The molecule has 0 amide bonds. The third-order valence-corrected chi connectivity index (χ3v) is 5.23. The van der Waals surface area contributed by atoms with Crippen molar-refractivity contribution in [1.82, 2.24) is 9.97 Å². The van der Waals surface area contributed by atoms with E-state index in [1.165, 1.54) is 16.9 Å². The molecule has 2 N–H and O–H groups in total. The fourth-order valence-corrected chi connectivity index (χ4v) is 3.80. The molecule has 134 valence electrons. The number of hydrogen-bond donors (Lipinski definition) is 1. The molecule has 26 heavy (non-hydrogen) atoms. The van der Waals surface area contributed by atoms with Gasteiger partial charge in [0.05, 0.1) is 18.9 Å². The highest BCUT2D eigenvalue weighted by atomic mass is 32.1. The zero-order valence-corrected chi connectivity index (χ0v) is 15.5. The van der Waals surface area contributed by atoms with Crippen LogP contribution in [-0.2, 0) is 4.74 Å². The van der Waals surface area contributed by atoms with Gasteiger partial charge in [-0.3, -0.25) is 0 Å². The molecule has 1 aliphatic heterocycles. The fourth-order valence-electron chi connectivity index (χ4n) is 3.24. The molecule has 5 nitrogen and oxygen atoms in total. The van der Waals surface area contributed by atoms with E-state index in [0.717, 1.165) is 48.4 Å². The van der Waals surface area contributed by atoms with Crippen LogP contribution in [0, 0.1) is 6.92 Å². The molecule has 1 aliphatic rings. The third-order valence-electron chi connectivity index (χ3n) is 4.55. The Morgan fingerprint density at radius 2 is 2.04 bits per heavy atom. The van der Waals surface area contributed by atoms with E-state index in [-0.39, 0.29) is 6.10 Å². The Kier molecular flexibility index (Phi) is 4.86. The molecule has 0 radical (unpaired) electrons. The molecule has 1 fully saturated rings. The van der Waals surface area contributed by atoms with Crippen LogP contribution in [0.5, 0.6) is 5.88 Å². The fraction of sp³-hybridized carbons (Fsp3) is 0.300. The Balaban J connectivity index is 1.63. The van der Waals surface area contributed by atoms with Crippen LogP contribution in [0.1, 0.15) is 18.4 Å². The van der Waals surface area contributed by atoms with Crippen LogP contribution < -0.4 is 10.5 Å². The van der Waals surface area contributed by atoms with Crippen molar-refractivity contribution in [1.29, 1.82) is 0 Å². The molecule has 1 aromatic carbocycles. The van der Waals surface area contributed by atoms with Crippen LogP contribution in [0.4, 0.5) is 5.13 Å². The SMILES string of the molecule is Cc1cccc(-c2csc(N)n2)c1-c1ccc(OC2CCOCC2)nc1. The van der Waals surface area contributed by atoms with Crippen LogP contribution in [0.25, 0.3) is 22.4 Å². The minimum atomic E-state index is 0.189. The Morgan fingerprint density at radius 1 is 1.19 bits per heavy atom. The largest absolute Gasteiger partial charge is 0.474 e. The minimum Gasteiger partial charge on any atom is -0.474 e. The number of hydrogen-bond acceptors (Lipinski definition) is 6. The number of rotatable bonds is 4. The highest BCUT2D eigenvalue weighted by molar-refractivity contribution is 7.13. The summed E-state index contributed by atoms with van der Waals surface area (Å²) >= 11 is 1.45. The van der Waals surface area contributed by atoms with E-state index in [1.54, 1.807) is 0 Å². The number of thiazole rings is 1. The standard InChI is InChI=1S/C20H21N3O2S/c1-13-3-2-4-16(17-12-26-20(21)23-17)19(13)14-5-6-18(22-11-14)25-15-7-9-24-10-8-15/h2-6,11-12,15H,7-10H2,1H3,(H2,21,23). The summed E-state index contributed by atoms with van der Waals surface area (Å²) in [5, 5.41) is 2.56. The first-order valence-electron chi connectivity index (χ1n) is 8.72. The lowest BCUT2D eigenvalue weighted by atomic mass is 9.95. The molecule has 0 bridgehead atoms. The van der Waals surface area contributed by atoms with Gasteiger partial charge in [0.1, 0.15) is 6.10 Å². The van der Waals surface area contributed by atoms with Gasteiger partial charge in [-0.15, -0.1) is 11.3 Å². The predicted molar refractivity (Wildman–Crippen MR) is 104 cm³/mol. The Labute approximate surface area is 156 Å². The molecule has 0 saturated carbocycles. The molecule has 0 spiro atoms. The first-order valence-corrected chi connectivity index (χ1v) is 9.60. The number of aryl methyl sites for hydroxylation is 1. The van der Waals surface area contributed by atoms with Crippen LogP contribution in [0.15, 0.2) is 41.9 Å². The summed E-state index contributed by atoms with van der Waals surface area (Å²) in [6, 6.07) is 10.2. The van der Waals surface area contributed by atoms with Crippen molar-refractivity contribution in [2.75, 3.05) is 18.9 Å². The van der Waals surface area contributed by atoms with E-state index in [9.17, 15) is 0 Å². The summed E-state index contributed by atoms with van der Waals surface area (Å²) in [6.45, 7) is 3.61. The second-order valence-electron chi connectivity index (χ2n) is 6.38. The van der Waals surface area contributed by atoms with Gasteiger partial charge in [0.2, 0.25) is 5.88 Å². The summed E-state index contributed by atoms with van der Waals surface area (Å²) in [5.74, 6) is 0.661. The van der Waals surface area contributed by atoms with Gasteiger partial charge >= 0.3 is 0 Å². The van der Waals surface area contributed by atoms with Gasteiger partial charge in [-0.1, -0.05) is 18.2 Å². The zero-order chi connectivity index (χ0) is 17.9. The topological polar surface area (TPSA) is 70.3 Å². The maximum atomic E-state index is 5.98. The Hall–Kier alpha value is -2.44. The van der Waals surface area contributed by atoms with Gasteiger partial charge in [0.25, 0.3) is 0 Å². The number of nitrogens with zero attached hydrogens (tertiary/aromatic N) is 2. The monoisotopic (exact) mass is 367 g/mol. The maximum Gasteiger partial charge on any atom is 0.213 e. The van der Waals surface area contributed by atoms with E-state index >= 15 is 0 Å². The van der Waals surface area contributed by atoms with E-state index in [0.29, 0.717) is 11.0 Å². The van der Waals surface area contributed by atoms with Crippen LogP contribution in [0.3, 0.4) is 0 Å². The molecule has 4 rings (SSSR count). The number of ether oxygens (including phenoxy) is 2.